The van der Waals surface area contributed by atoms with Crippen molar-refractivity contribution in [3.63, 3.8) is 0 Å². The lowest BCUT2D eigenvalue weighted by Gasteiger charge is -2.12. The lowest BCUT2D eigenvalue weighted by molar-refractivity contribution is -0.143. The van der Waals surface area contributed by atoms with Crippen LogP contribution in [0.5, 0.6) is 0 Å². The number of hydrogen-bond donors (Lipinski definition) is 0. The predicted molar refractivity (Wildman–Crippen MR) is 113 cm³/mol. The zero-order valence-corrected chi connectivity index (χ0v) is 16.4. The average Bonchev–Trinajstić information content (AvgIpc) is 3.08. The van der Waals surface area contributed by atoms with E-state index in [1.54, 1.807) is 6.07 Å². The third-order valence-corrected chi connectivity index (χ3v) is 5.03. The third kappa shape index (κ3) is 3.99. The van der Waals surface area contributed by atoms with Crippen LogP contribution in [0.1, 0.15) is 32.0 Å². The first-order valence-corrected chi connectivity index (χ1v) is 9.98. The van der Waals surface area contributed by atoms with Gasteiger partial charge in [-0.2, -0.15) is 0 Å². The number of halogens is 1. The Morgan fingerprint density at radius 2 is 1.90 bits per heavy atom. The summed E-state index contributed by atoms with van der Waals surface area (Å²) in [5.74, 6) is 0.400. The smallest absolute Gasteiger partial charge is 0.305 e. The number of aryl methyl sites for hydroxylation is 1. The fraction of sp³-hybridized carbons (Fsp3) is 0.250. The zero-order chi connectivity index (χ0) is 20.2. The highest BCUT2D eigenvalue weighted by atomic mass is 19.1. The van der Waals surface area contributed by atoms with E-state index in [-0.39, 0.29) is 11.8 Å². The Morgan fingerprint density at radius 3 is 2.76 bits per heavy atom. The summed E-state index contributed by atoms with van der Waals surface area (Å²) in [7, 11) is 0. The second-order valence-corrected chi connectivity index (χ2v) is 7.01. The molecule has 0 saturated carbocycles. The van der Waals surface area contributed by atoms with Crippen molar-refractivity contribution < 1.29 is 13.9 Å². The van der Waals surface area contributed by atoms with Gasteiger partial charge in [-0.1, -0.05) is 36.4 Å². The van der Waals surface area contributed by atoms with Crippen molar-refractivity contribution in [3.05, 3.63) is 72.3 Å². The molecule has 5 heteroatoms. The molecule has 3 aromatic carbocycles. The molecule has 0 amide bonds. The van der Waals surface area contributed by atoms with E-state index in [9.17, 15) is 9.18 Å². The second-order valence-electron chi connectivity index (χ2n) is 7.01. The number of hydrogen-bond acceptors (Lipinski definition) is 3. The van der Waals surface area contributed by atoms with Gasteiger partial charge in [-0.25, -0.2) is 9.37 Å². The highest BCUT2D eigenvalue weighted by Gasteiger charge is 2.15. The molecule has 1 heterocycles. The van der Waals surface area contributed by atoms with E-state index in [2.05, 4.69) is 28.8 Å². The minimum atomic E-state index is -0.297. The van der Waals surface area contributed by atoms with Crippen LogP contribution in [0.4, 0.5) is 4.39 Å². The van der Waals surface area contributed by atoms with Crippen LogP contribution in [-0.4, -0.2) is 22.1 Å². The molecule has 29 heavy (non-hydrogen) atoms. The Balaban J connectivity index is 1.72. The van der Waals surface area contributed by atoms with Crippen LogP contribution in [0.15, 0.2) is 60.7 Å². The van der Waals surface area contributed by atoms with Crippen LogP contribution >= 0.6 is 0 Å². The maximum absolute atomic E-state index is 13.8. The lowest BCUT2D eigenvalue weighted by Crippen LogP contribution is -2.05. The van der Waals surface area contributed by atoms with Crippen LogP contribution in [0.25, 0.3) is 27.5 Å². The monoisotopic (exact) mass is 390 g/mol. The van der Waals surface area contributed by atoms with Gasteiger partial charge >= 0.3 is 5.97 Å². The number of imidazole rings is 1. The maximum Gasteiger partial charge on any atom is 0.305 e. The van der Waals surface area contributed by atoms with E-state index in [0.717, 1.165) is 40.6 Å². The fourth-order valence-electron chi connectivity index (χ4n) is 3.73. The van der Waals surface area contributed by atoms with E-state index in [1.165, 1.54) is 12.1 Å². The van der Waals surface area contributed by atoms with Crippen molar-refractivity contribution in [1.29, 1.82) is 0 Å². The molecule has 0 bridgehead atoms. The number of rotatable bonds is 7. The molecule has 0 unspecified atom stereocenters. The Labute approximate surface area is 168 Å². The summed E-state index contributed by atoms with van der Waals surface area (Å²) < 4.78 is 20.9. The first-order valence-electron chi connectivity index (χ1n) is 9.98. The Morgan fingerprint density at radius 1 is 1.07 bits per heavy atom. The van der Waals surface area contributed by atoms with Gasteiger partial charge in [-0.05, 0) is 43.4 Å². The quantitative estimate of drug-likeness (QED) is 0.305. The molecule has 0 saturated heterocycles. The molecule has 4 nitrogen and oxygen atoms in total. The van der Waals surface area contributed by atoms with Crippen LogP contribution in [-0.2, 0) is 16.0 Å². The first-order chi connectivity index (χ1) is 14.2. The Kier molecular flexibility index (Phi) is 5.56. The summed E-state index contributed by atoms with van der Waals surface area (Å²) in [6.45, 7) is 2.21. The predicted octanol–water partition coefficient (Wildman–Crippen LogP) is 5.59. The van der Waals surface area contributed by atoms with Gasteiger partial charge in [0.1, 0.15) is 11.6 Å². The number of unbranched alkanes of at least 4 members (excludes halogenated alkanes) is 1. The molecule has 0 aliphatic heterocycles. The SMILES string of the molecule is CCOC(=O)CCCCc1nc2cc(F)ccc2n1-c1cccc2ccccc12. The molecule has 0 N–H and O–H groups in total. The Bertz CT molecular complexity index is 1160. The minimum absolute atomic E-state index is 0.169. The highest BCUT2D eigenvalue weighted by Crippen LogP contribution is 2.29. The van der Waals surface area contributed by atoms with Crippen molar-refractivity contribution in [2.24, 2.45) is 0 Å². The number of benzene rings is 3. The number of aromatic nitrogens is 2. The second kappa shape index (κ2) is 8.43. The summed E-state index contributed by atoms with van der Waals surface area (Å²) in [4.78, 5) is 16.3. The number of carbonyl (C=O) groups is 1. The summed E-state index contributed by atoms with van der Waals surface area (Å²) in [5.41, 5.74) is 2.54. The van der Waals surface area contributed by atoms with Gasteiger partial charge in [0.25, 0.3) is 0 Å². The number of esters is 1. The van der Waals surface area contributed by atoms with E-state index in [4.69, 9.17) is 9.72 Å². The van der Waals surface area contributed by atoms with Crippen LogP contribution in [0, 0.1) is 5.82 Å². The lowest BCUT2D eigenvalue weighted by atomic mass is 10.1. The molecule has 0 spiro atoms. The number of fused-ring (bicyclic) bond motifs is 2. The number of nitrogens with zero attached hydrogens (tertiary/aromatic N) is 2. The van der Waals surface area contributed by atoms with Crippen molar-refractivity contribution in [2.75, 3.05) is 6.61 Å². The van der Waals surface area contributed by atoms with Crippen molar-refractivity contribution in [2.45, 2.75) is 32.6 Å². The molecule has 0 radical (unpaired) electrons. The summed E-state index contributed by atoms with van der Waals surface area (Å²) in [6, 6.07) is 19.1. The highest BCUT2D eigenvalue weighted by molar-refractivity contribution is 5.92. The van der Waals surface area contributed by atoms with E-state index >= 15 is 0 Å². The maximum atomic E-state index is 13.8. The summed E-state index contributed by atoms with van der Waals surface area (Å²) in [5, 5.41) is 2.26. The molecular weight excluding hydrogens is 367 g/mol. The van der Waals surface area contributed by atoms with Gasteiger partial charge in [0.15, 0.2) is 0 Å². The van der Waals surface area contributed by atoms with E-state index in [0.29, 0.717) is 25.0 Å². The van der Waals surface area contributed by atoms with Crippen molar-refractivity contribution in [3.8, 4) is 5.69 Å². The molecule has 0 aliphatic carbocycles. The summed E-state index contributed by atoms with van der Waals surface area (Å²) in [6.07, 6.45) is 2.62. The third-order valence-electron chi connectivity index (χ3n) is 5.03. The van der Waals surface area contributed by atoms with Gasteiger partial charge < -0.3 is 4.74 Å². The minimum Gasteiger partial charge on any atom is -0.466 e. The van der Waals surface area contributed by atoms with Gasteiger partial charge in [0.2, 0.25) is 0 Å². The standard InChI is InChI=1S/C24H23FN2O2/c1-2-29-24(28)13-6-5-12-23-26-20-16-18(25)14-15-22(20)27(23)21-11-7-9-17-8-3-4-10-19(17)21/h3-4,7-11,14-16H,2,5-6,12-13H2,1H3. The number of ether oxygens (including phenoxy) is 1. The number of carbonyl (C=O) groups excluding carboxylic acids is 1. The molecule has 1 aromatic heterocycles. The van der Waals surface area contributed by atoms with Gasteiger partial charge in [0, 0.05) is 24.3 Å². The van der Waals surface area contributed by atoms with Crippen LogP contribution in [0.3, 0.4) is 0 Å². The molecular formula is C24H23FN2O2. The molecule has 148 valence electrons. The normalized spacial score (nSPS) is 11.2. The van der Waals surface area contributed by atoms with Crippen LogP contribution < -0.4 is 0 Å². The van der Waals surface area contributed by atoms with Crippen LogP contribution in [0.2, 0.25) is 0 Å². The average molecular weight is 390 g/mol. The largest absolute Gasteiger partial charge is 0.466 e. The van der Waals surface area contributed by atoms with Gasteiger partial charge in [-0.3, -0.25) is 9.36 Å². The van der Waals surface area contributed by atoms with E-state index in [1.807, 2.05) is 25.1 Å². The molecule has 4 rings (SSSR count). The fourth-order valence-corrected chi connectivity index (χ4v) is 3.73. The molecule has 0 aliphatic rings. The van der Waals surface area contributed by atoms with Gasteiger partial charge in [-0.15, -0.1) is 0 Å². The van der Waals surface area contributed by atoms with Crippen molar-refractivity contribution in [1.82, 2.24) is 9.55 Å². The van der Waals surface area contributed by atoms with Gasteiger partial charge in [0.05, 0.1) is 23.3 Å². The Hall–Kier alpha value is -3.21. The first kappa shape index (κ1) is 19.1. The molecule has 0 fully saturated rings. The summed E-state index contributed by atoms with van der Waals surface area (Å²) >= 11 is 0. The molecule has 0 atom stereocenters. The topological polar surface area (TPSA) is 44.1 Å². The van der Waals surface area contributed by atoms with Crippen molar-refractivity contribution >= 4 is 27.8 Å². The van der Waals surface area contributed by atoms with E-state index < -0.39 is 0 Å². The zero-order valence-electron chi connectivity index (χ0n) is 16.4. The molecule has 4 aromatic rings.